The molecule has 0 saturated heterocycles. The van der Waals surface area contributed by atoms with Crippen LogP contribution < -0.4 is 0 Å². The number of benzene rings is 6. The molecule has 0 bridgehead atoms. The Labute approximate surface area is 287 Å². The topological polar surface area (TPSA) is 13.1 Å². The zero-order valence-electron chi connectivity index (χ0n) is 29.8. The van der Waals surface area contributed by atoms with Gasteiger partial charge < -0.3 is 4.42 Å². The first-order valence-corrected chi connectivity index (χ1v) is 17.1. The molecule has 6 aromatic carbocycles. The lowest BCUT2D eigenvalue weighted by Gasteiger charge is -2.30. The van der Waals surface area contributed by atoms with Crippen molar-refractivity contribution in [2.75, 3.05) is 0 Å². The van der Waals surface area contributed by atoms with Crippen LogP contribution in [0.5, 0.6) is 0 Å². The van der Waals surface area contributed by atoms with E-state index < -0.39 is 0 Å². The number of fused-ring (bicyclic) bond motifs is 13. The van der Waals surface area contributed by atoms with Gasteiger partial charge in [0, 0.05) is 10.8 Å². The summed E-state index contributed by atoms with van der Waals surface area (Å²) < 4.78 is 5.65. The summed E-state index contributed by atoms with van der Waals surface area (Å²) in [6, 6.07) is 51.9. The minimum Gasteiger partial charge on any atom is -0.456 e. The maximum absolute atomic E-state index is 5.65. The van der Waals surface area contributed by atoms with Crippen LogP contribution in [0.2, 0.25) is 0 Å². The molecule has 0 amide bonds. The predicted molar refractivity (Wildman–Crippen MR) is 207 cm³/mol. The highest BCUT2D eigenvalue weighted by Crippen LogP contribution is 2.62. The minimum atomic E-state index is -0.180. The van der Waals surface area contributed by atoms with Gasteiger partial charge in [-0.1, -0.05) is 189 Å². The van der Waals surface area contributed by atoms with Crippen molar-refractivity contribution in [2.45, 2.75) is 60.8 Å². The summed E-state index contributed by atoms with van der Waals surface area (Å²) in [5, 5.41) is 2.39. The Kier molecular flexibility index (Phi) is 8.92. The van der Waals surface area contributed by atoms with Crippen LogP contribution in [0.15, 0.2) is 150 Å². The fraction of sp³-hybridized carbons (Fsp3) is 0.234. The minimum absolute atomic E-state index is 0.180. The fourth-order valence-electron chi connectivity index (χ4n) is 6.73. The van der Waals surface area contributed by atoms with E-state index in [-0.39, 0.29) is 5.41 Å². The van der Waals surface area contributed by atoms with Crippen LogP contribution in [-0.2, 0) is 5.41 Å². The highest BCUT2D eigenvalue weighted by atomic mass is 16.3. The molecule has 1 spiro atoms. The van der Waals surface area contributed by atoms with Crippen LogP contribution in [0.25, 0.3) is 44.2 Å². The lowest BCUT2D eigenvalue weighted by Crippen LogP contribution is -2.25. The van der Waals surface area contributed by atoms with Crippen molar-refractivity contribution in [3.05, 3.63) is 168 Å². The van der Waals surface area contributed by atoms with Crippen molar-refractivity contribution in [1.29, 1.82) is 0 Å². The fourth-order valence-corrected chi connectivity index (χ4v) is 6.73. The molecule has 1 aromatic heterocycles. The molecule has 0 fully saturated rings. The van der Waals surface area contributed by atoms with Gasteiger partial charge in [0.05, 0.1) is 5.41 Å². The van der Waals surface area contributed by atoms with Crippen LogP contribution in [0.1, 0.15) is 77.6 Å². The van der Waals surface area contributed by atoms with E-state index in [1.165, 1.54) is 55.3 Å². The Morgan fingerprint density at radius 3 is 0.854 bits per heavy atom. The molecule has 0 unspecified atom stereocenters. The number of rotatable bonds is 0. The van der Waals surface area contributed by atoms with Crippen molar-refractivity contribution in [3.63, 3.8) is 0 Å². The molecule has 0 aliphatic heterocycles. The summed E-state index contributed by atoms with van der Waals surface area (Å²) in [6.07, 6.45) is 0. The van der Waals surface area contributed by atoms with Gasteiger partial charge in [0.25, 0.3) is 0 Å². The third kappa shape index (κ3) is 6.47. The van der Waals surface area contributed by atoms with Crippen LogP contribution in [0, 0.1) is 10.8 Å². The first-order valence-electron chi connectivity index (χ1n) is 17.1. The van der Waals surface area contributed by atoms with Gasteiger partial charge in [-0.3, -0.25) is 0 Å². The van der Waals surface area contributed by atoms with E-state index >= 15 is 0 Å². The Morgan fingerprint density at radius 1 is 0.333 bits per heavy atom. The quantitative estimate of drug-likeness (QED) is 0.163. The average Bonchev–Trinajstić information content (AvgIpc) is 3.68. The van der Waals surface area contributed by atoms with Gasteiger partial charge in [0.15, 0.2) is 0 Å². The molecule has 2 aliphatic rings. The summed E-state index contributed by atoms with van der Waals surface area (Å²) in [5.74, 6) is 0. The molecular weight excluding hydrogens is 581 g/mol. The summed E-state index contributed by atoms with van der Waals surface area (Å²) in [7, 11) is 0. The normalized spacial score (nSPS) is 13.2. The summed E-state index contributed by atoms with van der Waals surface area (Å²) in [4.78, 5) is 0. The van der Waals surface area contributed by atoms with Crippen LogP contribution in [0.3, 0.4) is 0 Å². The molecule has 7 aromatic rings. The largest absolute Gasteiger partial charge is 0.456 e. The Morgan fingerprint density at radius 2 is 0.562 bits per heavy atom. The Hall–Kier alpha value is -4.88. The molecule has 1 heterocycles. The Balaban J connectivity index is 0.000000145. The lowest BCUT2D eigenvalue weighted by molar-refractivity contribution is 0.469. The highest BCUT2D eigenvalue weighted by molar-refractivity contribution is 6.04. The molecule has 9 rings (SSSR count). The van der Waals surface area contributed by atoms with Crippen molar-refractivity contribution >= 4 is 21.9 Å². The van der Waals surface area contributed by atoms with Crippen molar-refractivity contribution in [1.82, 2.24) is 0 Å². The SMILES string of the molecule is CC(C)(C)C.CC(C)(C)C.c1ccc2c(c1)-c1ccccc1C21c2ccccc2-c2ccccc21.c1ccc2c(c1)oc1ccccc12. The van der Waals surface area contributed by atoms with Gasteiger partial charge in [0.2, 0.25) is 0 Å². The van der Waals surface area contributed by atoms with Gasteiger partial charge in [-0.15, -0.1) is 0 Å². The van der Waals surface area contributed by atoms with Gasteiger partial charge >= 0.3 is 0 Å². The number of furan rings is 1. The van der Waals surface area contributed by atoms with Gasteiger partial charge in [-0.2, -0.15) is 0 Å². The maximum Gasteiger partial charge on any atom is 0.135 e. The van der Waals surface area contributed by atoms with E-state index in [1.807, 2.05) is 36.4 Å². The molecule has 0 N–H and O–H groups in total. The molecule has 48 heavy (non-hydrogen) atoms. The van der Waals surface area contributed by atoms with E-state index in [4.69, 9.17) is 4.42 Å². The molecule has 0 radical (unpaired) electrons. The van der Waals surface area contributed by atoms with E-state index in [0.29, 0.717) is 10.8 Å². The van der Waals surface area contributed by atoms with Crippen LogP contribution in [-0.4, -0.2) is 0 Å². The van der Waals surface area contributed by atoms with E-state index in [2.05, 4.69) is 165 Å². The van der Waals surface area contributed by atoms with Crippen molar-refractivity contribution < 1.29 is 4.42 Å². The lowest BCUT2D eigenvalue weighted by atomic mass is 9.70. The molecule has 0 saturated carbocycles. The second kappa shape index (κ2) is 13.0. The highest BCUT2D eigenvalue weighted by Gasteiger charge is 2.51. The number of hydrogen-bond donors (Lipinski definition) is 0. The molecule has 2 aliphatic carbocycles. The van der Waals surface area contributed by atoms with Crippen molar-refractivity contribution in [2.24, 2.45) is 10.8 Å². The maximum atomic E-state index is 5.65. The predicted octanol–water partition coefficient (Wildman–Crippen LogP) is 13.7. The molecule has 242 valence electrons. The third-order valence-corrected chi connectivity index (χ3v) is 8.19. The summed E-state index contributed by atoms with van der Waals surface area (Å²) in [6.45, 7) is 17.5. The van der Waals surface area contributed by atoms with Gasteiger partial charge in [-0.25, -0.2) is 0 Å². The second-order valence-corrected chi connectivity index (χ2v) is 16.0. The zero-order chi connectivity index (χ0) is 34.1. The smallest absolute Gasteiger partial charge is 0.135 e. The monoisotopic (exact) mass is 628 g/mol. The first kappa shape index (κ1) is 33.0. The number of hydrogen-bond acceptors (Lipinski definition) is 1. The average molecular weight is 629 g/mol. The zero-order valence-corrected chi connectivity index (χ0v) is 29.8. The Bertz CT molecular complexity index is 1920. The second-order valence-electron chi connectivity index (χ2n) is 16.0. The summed E-state index contributed by atoms with van der Waals surface area (Å²) >= 11 is 0. The van der Waals surface area contributed by atoms with Crippen molar-refractivity contribution in [3.8, 4) is 22.3 Å². The molecule has 0 atom stereocenters. The standard InChI is InChI=1S/C25H16.C12H8O.2C5H12/c1-5-13-21-17(9-1)18-10-2-6-14-22(18)25(21)23-15-7-3-11-19(23)20-12-4-8-16-24(20)25;1-3-7-11-9(5-1)10-6-2-4-8-12(10)13-11;2*1-5(2,3)4/h1-16H;1-8H;2*1-4H3. The first-order chi connectivity index (χ1) is 22.9. The van der Waals surface area contributed by atoms with Gasteiger partial charge in [-0.05, 0) is 67.5 Å². The van der Waals surface area contributed by atoms with E-state index in [9.17, 15) is 0 Å². The summed E-state index contributed by atoms with van der Waals surface area (Å²) in [5.41, 5.74) is 13.8. The molecule has 1 nitrogen and oxygen atoms in total. The third-order valence-electron chi connectivity index (χ3n) is 8.19. The number of para-hydroxylation sites is 2. The van der Waals surface area contributed by atoms with E-state index in [0.717, 1.165) is 11.2 Å². The molecule has 1 heteroatoms. The molecular formula is C47H48O. The van der Waals surface area contributed by atoms with Gasteiger partial charge in [0.1, 0.15) is 11.2 Å². The van der Waals surface area contributed by atoms with Crippen LogP contribution in [0.4, 0.5) is 0 Å². The van der Waals surface area contributed by atoms with Crippen LogP contribution >= 0.6 is 0 Å². The van der Waals surface area contributed by atoms with E-state index in [1.54, 1.807) is 0 Å².